The van der Waals surface area contributed by atoms with E-state index in [1.807, 2.05) is 12.1 Å². The smallest absolute Gasteiger partial charge is 0.0417 e. The molecule has 2 aliphatic rings. The lowest BCUT2D eigenvalue weighted by molar-refractivity contribution is 0.231. The predicted octanol–water partition coefficient (Wildman–Crippen LogP) is 3.14. The molecule has 2 aliphatic heterocycles. The first-order valence-corrected chi connectivity index (χ1v) is 7.71. The molecular weight excluding hydrogens is 312 g/mol. The summed E-state index contributed by atoms with van der Waals surface area (Å²) in [6.07, 6.45) is 0. The minimum Gasteiger partial charge on any atom is -0.316 e. The van der Waals surface area contributed by atoms with E-state index in [-0.39, 0.29) is 0 Å². The molecule has 98 valence electrons. The molecule has 0 amide bonds. The lowest BCUT2D eigenvalue weighted by Crippen LogP contribution is -2.32. The Hall–Kier alpha value is -0.0900. The summed E-state index contributed by atoms with van der Waals surface area (Å²) in [6.45, 7) is 6.97. The van der Waals surface area contributed by atoms with E-state index in [0.29, 0.717) is 6.04 Å². The van der Waals surface area contributed by atoms with Gasteiger partial charge in [-0.1, -0.05) is 33.6 Å². The van der Waals surface area contributed by atoms with E-state index in [1.165, 1.54) is 25.2 Å². The molecule has 1 N–H and O–H groups in total. The number of nitrogens with one attached hydrogen (secondary N) is 1. The Balaban J connectivity index is 1.73. The van der Waals surface area contributed by atoms with Crippen LogP contribution in [-0.2, 0) is 6.54 Å². The van der Waals surface area contributed by atoms with Gasteiger partial charge in [0.05, 0.1) is 0 Å². The van der Waals surface area contributed by atoms with Gasteiger partial charge in [0.25, 0.3) is 0 Å². The maximum atomic E-state index is 5.99. The summed E-state index contributed by atoms with van der Waals surface area (Å²) < 4.78 is 1.12. The van der Waals surface area contributed by atoms with Crippen LogP contribution in [0.2, 0.25) is 5.02 Å². The van der Waals surface area contributed by atoms with Gasteiger partial charge in [0.2, 0.25) is 0 Å². The molecule has 2 fully saturated rings. The van der Waals surface area contributed by atoms with E-state index in [9.17, 15) is 0 Å². The fraction of sp³-hybridized carbons (Fsp3) is 0.571. The van der Waals surface area contributed by atoms with Gasteiger partial charge in [0.1, 0.15) is 0 Å². The van der Waals surface area contributed by atoms with Gasteiger partial charge in [-0.3, -0.25) is 4.90 Å². The van der Waals surface area contributed by atoms with Gasteiger partial charge in [-0.25, -0.2) is 0 Å². The van der Waals surface area contributed by atoms with Crippen LogP contribution in [0.15, 0.2) is 22.7 Å². The normalized spacial score (nSPS) is 31.8. The average Bonchev–Trinajstić information content (AvgIpc) is 2.88. The van der Waals surface area contributed by atoms with Crippen molar-refractivity contribution in [2.75, 3.05) is 19.6 Å². The second kappa shape index (κ2) is 5.12. The van der Waals surface area contributed by atoms with E-state index in [1.54, 1.807) is 0 Å². The topological polar surface area (TPSA) is 15.3 Å². The molecule has 0 spiro atoms. The van der Waals surface area contributed by atoms with Crippen molar-refractivity contribution in [3.05, 3.63) is 33.3 Å². The Morgan fingerprint density at radius 1 is 1.44 bits per heavy atom. The Morgan fingerprint density at radius 2 is 2.28 bits per heavy atom. The summed E-state index contributed by atoms with van der Waals surface area (Å²) in [4.78, 5) is 2.60. The maximum Gasteiger partial charge on any atom is 0.0417 e. The summed E-state index contributed by atoms with van der Waals surface area (Å²) in [7, 11) is 0. The number of hydrogen-bond donors (Lipinski definition) is 1. The van der Waals surface area contributed by atoms with Gasteiger partial charge in [-0.05, 0) is 49.5 Å². The first kappa shape index (κ1) is 12.9. The first-order chi connectivity index (χ1) is 8.65. The van der Waals surface area contributed by atoms with E-state index in [0.717, 1.165) is 27.9 Å². The number of rotatable bonds is 2. The van der Waals surface area contributed by atoms with Crippen molar-refractivity contribution in [3.8, 4) is 0 Å². The molecule has 1 aromatic rings. The Bertz CT molecular complexity index is 451. The molecule has 2 heterocycles. The second-order valence-corrected chi connectivity index (χ2v) is 6.78. The van der Waals surface area contributed by atoms with Crippen molar-refractivity contribution in [2.45, 2.75) is 19.5 Å². The molecule has 2 saturated heterocycles. The Labute approximate surface area is 122 Å². The summed E-state index contributed by atoms with van der Waals surface area (Å²) in [5.74, 6) is 1.67. The van der Waals surface area contributed by atoms with Crippen LogP contribution in [0, 0.1) is 11.8 Å². The van der Waals surface area contributed by atoms with E-state index < -0.39 is 0 Å². The van der Waals surface area contributed by atoms with Gasteiger partial charge in [0.15, 0.2) is 0 Å². The fourth-order valence-corrected chi connectivity index (χ4v) is 4.14. The van der Waals surface area contributed by atoms with E-state index in [4.69, 9.17) is 11.6 Å². The molecule has 1 aromatic carbocycles. The third-order valence-electron chi connectivity index (χ3n) is 4.45. The SMILES string of the molecule is CC1C2CNCC2CN1Cc1ccc(Cl)cc1Br. The van der Waals surface area contributed by atoms with Crippen molar-refractivity contribution in [3.63, 3.8) is 0 Å². The maximum absolute atomic E-state index is 5.99. The van der Waals surface area contributed by atoms with Crippen molar-refractivity contribution < 1.29 is 0 Å². The second-order valence-electron chi connectivity index (χ2n) is 5.49. The Morgan fingerprint density at radius 3 is 3.00 bits per heavy atom. The third kappa shape index (κ3) is 2.34. The molecule has 4 heteroatoms. The van der Waals surface area contributed by atoms with Crippen molar-refractivity contribution in [1.82, 2.24) is 10.2 Å². The number of nitrogens with zero attached hydrogens (tertiary/aromatic N) is 1. The number of benzene rings is 1. The van der Waals surface area contributed by atoms with Gasteiger partial charge >= 0.3 is 0 Å². The van der Waals surface area contributed by atoms with E-state index in [2.05, 4.69) is 39.1 Å². The number of fused-ring (bicyclic) bond motifs is 1. The van der Waals surface area contributed by atoms with Crippen molar-refractivity contribution in [1.29, 1.82) is 0 Å². The minimum absolute atomic E-state index is 0.674. The molecule has 2 nitrogen and oxygen atoms in total. The molecular formula is C14H18BrClN2. The molecule has 0 radical (unpaired) electrons. The van der Waals surface area contributed by atoms with Crippen LogP contribution in [0.25, 0.3) is 0 Å². The van der Waals surface area contributed by atoms with E-state index >= 15 is 0 Å². The quantitative estimate of drug-likeness (QED) is 0.897. The average molecular weight is 330 g/mol. The highest BCUT2D eigenvalue weighted by Crippen LogP contribution is 2.34. The molecule has 3 unspecified atom stereocenters. The van der Waals surface area contributed by atoms with Crippen LogP contribution in [0.1, 0.15) is 12.5 Å². The highest BCUT2D eigenvalue weighted by molar-refractivity contribution is 9.10. The number of likely N-dealkylation sites (tertiary alicyclic amines) is 1. The molecule has 3 atom stereocenters. The first-order valence-electron chi connectivity index (χ1n) is 6.54. The third-order valence-corrected chi connectivity index (χ3v) is 5.42. The molecule has 3 rings (SSSR count). The number of halogens is 2. The zero-order valence-corrected chi connectivity index (χ0v) is 12.8. The highest BCUT2D eigenvalue weighted by atomic mass is 79.9. The van der Waals surface area contributed by atoms with Gasteiger partial charge in [-0.2, -0.15) is 0 Å². The minimum atomic E-state index is 0.674. The largest absolute Gasteiger partial charge is 0.316 e. The fourth-order valence-electron chi connectivity index (χ4n) is 3.33. The van der Waals surface area contributed by atoms with Crippen molar-refractivity contribution in [2.24, 2.45) is 11.8 Å². The van der Waals surface area contributed by atoms with Crippen LogP contribution in [0.4, 0.5) is 0 Å². The van der Waals surface area contributed by atoms with Crippen molar-refractivity contribution >= 4 is 27.5 Å². The van der Waals surface area contributed by atoms with Crippen LogP contribution in [0.5, 0.6) is 0 Å². The number of hydrogen-bond acceptors (Lipinski definition) is 2. The summed E-state index contributed by atoms with van der Waals surface area (Å²) in [5, 5.41) is 4.30. The van der Waals surface area contributed by atoms with Crippen LogP contribution < -0.4 is 5.32 Å². The van der Waals surface area contributed by atoms with Gasteiger partial charge in [-0.15, -0.1) is 0 Å². The van der Waals surface area contributed by atoms with Gasteiger partial charge in [0, 0.05) is 28.6 Å². The monoisotopic (exact) mass is 328 g/mol. The molecule has 0 aliphatic carbocycles. The molecule has 18 heavy (non-hydrogen) atoms. The molecule has 0 aromatic heterocycles. The predicted molar refractivity (Wildman–Crippen MR) is 78.9 cm³/mol. The molecule has 0 bridgehead atoms. The van der Waals surface area contributed by atoms with Crippen LogP contribution >= 0.6 is 27.5 Å². The standard InChI is InChI=1S/C14H18BrClN2/c1-9-13-6-17-5-11(13)8-18(9)7-10-2-3-12(16)4-14(10)15/h2-4,9,11,13,17H,5-8H2,1H3. The highest BCUT2D eigenvalue weighted by Gasteiger charge is 2.41. The Kier molecular flexibility index (Phi) is 3.68. The van der Waals surface area contributed by atoms with Crippen LogP contribution in [-0.4, -0.2) is 30.6 Å². The summed E-state index contributed by atoms with van der Waals surface area (Å²) in [5.41, 5.74) is 1.33. The molecule has 0 saturated carbocycles. The lowest BCUT2D eigenvalue weighted by atomic mass is 9.95. The zero-order valence-electron chi connectivity index (χ0n) is 10.5. The summed E-state index contributed by atoms with van der Waals surface area (Å²) >= 11 is 9.60. The van der Waals surface area contributed by atoms with Gasteiger partial charge < -0.3 is 5.32 Å². The zero-order chi connectivity index (χ0) is 12.7. The summed E-state index contributed by atoms with van der Waals surface area (Å²) in [6, 6.07) is 6.77. The lowest BCUT2D eigenvalue weighted by Gasteiger charge is -2.24. The van der Waals surface area contributed by atoms with Crippen LogP contribution in [0.3, 0.4) is 0 Å².